The molecule has 37 heavy (non-hydrogen) atoms. The molecule has 0 bridgehead atoms. The van der Waals surface area contributed by atoms with Gasteiger partial charge in [-0.05, 0) is 74.5 Å². The average molecular weight is 526 g/mol. The van der Waals surface area contributed by atoms with Crippen LogP contribution in [0, 0.1) is 5.82 Å². The predicted octanol–water partition coefficient (Wildman–Crippen LogP) is 3.44. The quantitative estimate of drug-likeness (QED) is 0.366. The molecule has 2 aliphatic rings. The summed E-state index contributed by atoms with van der Waals surface area (Å²) in [5.41, 5.74) is 9.20. The van der Waals surface area contributed by atoms with Crippen LogP contribution in [0.1, 0.15) is 43.2 Å². The Morgan fingerprint density at radius 3 is 2.46 bits per heavy atom. The fourth-order valence-corrected chi connectivity index (χ4v) is 5.25. The monoisotopic (exact) mass is 525 g/mol. The number of hydrogen-bond acceptors (Lipinski definition) is 9. The van der Waals surface area contributed by atoms with Crippen LogP contribution in [0.15, 0.2) is 36.7 Å². The molecule has 0 radical (unpaired) electrons. The van der Waals surface area contributed by atoms with Gasteiger partial charge in [0.1, 0.15) is 11.6 Å². The zero-order valence-corrected chi connectivity index (χ0v) is 21.0. The molecule has 3 aromatic heterocycles. The molecule has 6 rings (SSSR count). The Hall–Kier alpha value is -3.57. The number of benzene rings is 1. The van der Waals surface area contributed by atoms with Crippen LogP contribution in [0.4, 0.5) is 16.2 Å². The summed E-state index contributed by atoms with van der Waals surface area (Å²) in [5.74, 6) is 1.06. The maximum atomic E-state index is 13.8. The minimum atomic E-state index is -0.462. The largest absolute Gasteiger partial charge is 0.507 e. The van der Waals surface area contributed by atoms with Crippen molar-refractivity contribution < 1.29 is 9.50 Å². The Kier molecular flexibility index (Phi) is 7.07. The van der Waals surface area contributed by atoms with Gasteiger partial charge in [-0.2, -0.15) is 5.10 Å². The third kappa shape index (κ3) is 4.88. The van der Waals surface area contributed by atoms with Crippen LogP contribution in [0.2, 0.25) is 0 Å². The summed E-state index contributed by atoms with van der Waals surface area (Å²) >= 11 is 0. The molecule has 10 nitrogen and oxygen atoms in total. The molecule has 1 aromatic carbocycles. The van der Waals surface area contributed by atoms with Gasteiger partial charge in [-0.25, -0.2) is 14.4 Å². The number of nitrogens with one attached hydrogen (secondary N) is 1. The number of nitrogens with two attached hydrogens (primary N) is 1. The van der Waals surface area contributed by atoms with Gasteiger partial charge < -0.3 is 21.1 Å². The van der Waals surface area contributed by atoms with Crippen molar-refractivity contribution in [2.75, 3.05) is 36.8 Å². The summed E-state index contributed by atoms with van der Waals surface area (Å²) in [4.78, 5) is 11.5. The highest BCUT2D eigenvalue weighted by molar-refractivity contribution is 5.87. The van der Waals surface area contributed by atoms with Crippen molar-refractivity contribution in [1.82, 2.24) is 35.3 Å². The van der Waals surface area contributed by atoms with Gasteiger partial charge in [0.25, 0.3) is 0 Å². The van der Waals surface area contributed by atoms with Gasteiger partial charge in [-0.1, -0.05) is 0 Å². The first-order valence-corrected chi connectivity index (χ1v) is 12.3. The lowest BCUT2D eigenvalue weighted by Crippen LogP contribution is -2.36. The zero-order chi connectivity index (χ0) is 24.6. The van der Waals surface area contributed by atoms with Crippen molar-refractivity contribution in [2.45, 2.75) is 37.6 Å². The van der Waals surface area contributed by atoms with Crippen molar-refractivity contribution in [3.8, 4) is 17.0 Å². The van der Waals surface area contributed by atoms with Crippen molar-refractivity contribution in [2.24, 2.45) is 0 Å². The van der Waals surface area contributed by atoms with Gasteiger partial charge in [0.15, 0.2) is 11.3 Å². The standard InChI is InChI=1S/C25H28FN9O.ClH/c26-17-1-2-22(36)19(11-17)20-12-21-23(32-31-20)24(27)33-35(21)18-5-9-34(10-6-18)25-29-13-16(14-30-25)15-3-7-28-8-4-15;/h1-2,11-15,18,28,36H,3-10H2,(H2,27,33);1H. The maximum Gasteiger partial charge on any atom is 0.225 e. The summed E-state index contributed by atoms with van der Waals surface area (Å²) in [6, 6.07) is 5.61. The number of anilines is 2. The predicted molar refractivity (Wildman–Crippen MR) is 141 cm³/mol. The third-order valence-electron chi connectivity index (χ3n) is 7.28. The third-order valence-corrected chi connectivity index (χ3v) is 7.28. The number of phenols is 1. The number of rotatable bonds is 4. The summed E-state index contributed by atoms with van der Waals surface area (Å²) in [5, 5.41) is 26.5. The van der Waals surface area contributed by atoms with Crippen molar-refractivity contribution >= 4 is 35.2 Å². The summed E-state index contributed by atoms with van der Waals surface area (Å²) in [6.07, 6.45) is 7.87. The number of nitrogen functional groups attached to an aromatic ring is 1. The Morgan fingerprint density at radius 1 is 1.00 bits per heavy atom. The molecule has 0 spiro atoms. The summed E-state index contributed by atoms with van der Waals surface area (Å²) in [7, 11) is 0. The van der Waals surface area contributed by atoms with Crippen LogP contribution in [-0.4, -0.2) is 61.2 Å². The lowest BCUT2D eigenvalue weighted by Gasteiger charge is -2.32. The summed E-state index contributed by atoms with van der Waals surface area (Å²) in [6.45, 7) is 3.66. The summed E-state index contributed by atoms with van der Waals surface area (Å²) < 4.78 is 15.7. The van der Waals surface area contributed by atoms with E-state index in [9.17, 15) is 9.50 Å². The topological polar surface area (TPSA) is 131 Å². The van der Waals surface area contributed by atoms with Gasteiger partial charge in [0, 0.05) is 31.0 Å². The molecule has 0 aliphatic carbocycles. The van der Waals surface area contributed by atoms with Crippen LogP contribution < -0.4 is 16.0 Å². The lowest BCUT2D eigenvalue weighted by atomic mass is 9.92. The van der Waals surface area contributed by atoms with E-state index in [1.165, 1.54) is 23.8 Å². The first kappa shape index (κ1) is 25.1. The highest BCUT2D eigenvalue weighted by Crippen LogP contribution is 2.33. The Balaban J connectivity index is 0.00000280. The smallest absolute Gasteiger partial charge is 0.225 e. The van der Waals surface area contributed by atoms with Crippen molar-refractivity contribution in [1.29, 1.82) is 0 Å². The molecule has 0 unspecified atom stereocenters. The molecule has 12 heteroatoms. The van der Waals surface area contributed by atoms with Gasteiger partial charge in [0.05, 0.1) is 17.3 Å². The van der Waals surface area contributed by atoms with E-state index in [2.05, 4.69) is 35.5 Å². The van der Waals surface area contributed by atoms with E-state index in [1.807, 2.05) is 17.1 Å². The van der Waals surface area contributed by atoms with Crippen LogP contribution in [0.5, 0.6) is 5.75 Å². The van der Waals surface area contributed by atoms with Gasteiger partial charge in [0.2, 0.25) is 5.95 Å². The molecule has 4 aromatic rings. The van der Waals surface area contributed by atoms with Crippen LogP contribution in [0.3, 0.4) is 0 Å². The highest BCUT2D eigenvalue weighted by Gasteiger charge is 2.26. The van der Waals surface area contributed by atoms with E-state index >= 15 is 0 Å². The minimum absolute atomic E-state index is 0. The molecule has 0 atom stereocenters. The first-order valence-electron chi connectivity index (χ1n) is 12.3. The van der Waals surface area contributed by atoms with E-state index < -0.39 is 5.82 Å². The number of fused-ring (bicyclic) bond motifs is 1. The molecule has 4 N–H and O–H groups in total. The molecule has 5 heterocycles. The fraction of sp³-hybridized carbons (Fsp3) is 0.400. The molecule has 0 amide bonds. The normalized spacial score (nSPS) is 17.2. The number of phenolic OH excluding ortho intramolecular Hbond substituents is 1. The molecular formula is C25H29ClFN9O. The van der Waals surface area contributed by atoms with Crippen LogP contribution in [-0.2, 0) is 0 Å². The van der Waals surface area contributed by atoms with Crippen molar-refractivity contribution in [3.63, 3.8) is 0 Å². The molecule has 2 fully saturated rings. The maximum absolute atomic E-state index is 13.8. The fourth-order valence-electron chi connectivity index (χ4n) is 5.25. The van der Waals surface area contributed by atoms with E-state index in [-0.39, 0.29) is 29.8 Å². The number of hydrogen-bond donors (Lipinski definition) is 3. The van der Waals surface area contributed by atoms with E-state index in [4.69, 9.17) is 5.73 Å². The molecule has 2 saturated heterocycles. The van der Waals surface area contributed by atoms with E-state index in [0.717, 1.165) is 57.8 Å². The SMILES string of the molecule is Cl.Nc1nn(C2CCN(c3ncc(C4CCNCC4)cn3)CC2)c2cc(-c3cc(F)ccc3O)nnc12. The molecular weight excluding hydrogens is 497 g/mol. The second-order valence-corrected chi connectivity index (χ2v) is 9.51. The van der Waals surface area contributed by atoms with Crippen molar-refractivity contribution in [3.05, 3.63) is 48.0 Å². The first-order chi connectivity index (χ1) is 17.6. The number of aromatic hydroxyl groups is 1. The Bertz CT molecular complexity index is 1380. The van der Waals surface area contributed by atoms with Gasteiger partial charge in [-0.15, -0.1) is 22.6 Å². The number of nitrogens with zero attached hydrogens (tertiary/aromatic N) is 7. The molecule has 0 saturated carbocycles. The van der Waals surface area contributed by atoms with E-state index in [1.54, 1.807) is 6.07 Å². The lowest BCUT2D eigenvalue weighted by molar-refractivity contribution is 0.374. The average Bonchev–Trinajstić information content (AvgIpc) is 3.26. The number of piperidine rings is 2. The Morgan fingerprint density at radius 2 is 1.73 bits per heavy atom. The number of halogens is 2. The molecule has 2 aliphatic heterocycles. The molecule has 194 valence electrons. The highest BCUT2D eigenvalue weighted by atomic mass is 35.5. The van der Waals surface area contributed by atoms with Gasteiger partial charge >= 0.3 is 0 Å². The zero-order valence-electron chi connectivity index (χ0n) is 20.2. The second-order valence-electron chi connectivity index (χ2n) is 9.51. The van der Waals surface area contributed by atoms with Crippen LogP contribution >= 0.6 is 12.4 Å². The van der Waals surface area contributed by atoms with Crippen LogP contribution in [0.25, 0.3) is 22.3 Å². The second kappa shape index (κ2) is 10.4. The Labute approximate surface area is 219 Å². The van der Waals surface area contributed by atoms with E-state index in [0.29, 0.717) is 28.5 Å². The van der Waals surface area contributed by atoms with Gasteiger partial charge in [-0.3, -0.25) is 4.68 Å². The minimum Gasteiger partial charge on any atom is -0.507 e. The number of aromatic nitrogens is 6.